The lowest BCUT2D eigenvalue weighted by Crippen LogP contribution is -2.36. The van der Waals surface area contributed by atoms with Gasteiger partial charge in [-0.1, -0.05) is 6.42 Å². The summed E-state index contributed by atoms with van der Waals surface area (Å²) in [5.74, 6) is 1.10. The monoisotopic (exact) mass is 240 g/mol. The van der Waals surface area contributed by atoms with Crippen LogP contribution in [0, 0.1) is 11.8 Å². The van der Waals surface area contributed by atoms with Gasteiger partial charge in [0.05, 0.1) is 6.10 Å². The Kier molecular flexibility index (Phi) is 4.40. The molecule has 2 aliphatic carbocycles. The maximum Gasteiger partial charge on any atom is 0.221 e. The second-order valence-electron chi connectivity index (χ2n) is 5.70. The molecule has 2 saturated carbocycles. The van der Waals surface area contributed by atoms with Crippen molar-refractivity contribution in [1.82, 2.24) is 5.32 Å². The highest BCUT2D eigenvalue weighted by Gasteiger charge is 2.30. The molecule has 0 bridgehead atoms. The first kappa shape index (κ1) is 12.8. The van der Waals surface area contributed by atoms with Crippen LogP contribution in [0.4, 0.5) is 0 Å². The van der Waals surface area contributed by atoms with E-state index in [1.54, 1.807) is 0 Å². The van der Waals surface area contributed by atoms with E-state index in [9.17, 15) is 9.90 Å². The van der Waals surface area contributed by atoms with Crippen LogP contribution in [0.2, 0.25) is 0 Å². The zero-order chi connectivity index (χ0) is 12.3. The maximum absolute atomic E-state index is 11.7. The lowest BCUT2D eigenvalue weighted by Gasteiger charge is -2.26. The van der Waals surface area contributed by atoms with Gasteiger partial charge in [0.1, 0.15) is 0 Å². The molecule has 1 amide bonds. The number of nitrogens with two attached hydrogens (primary N) is 1. The van der Waals surface area contributed by atoms with E-state index in [0.29, 0.717) is 24.8 Å². The van der Waals surface area contributed by atoms with E-state index < -0.39 is 0 Å². The van der Waals surface area contributed by atoms with E-state index in [-0.39, 0.29) is 18.1 Å². The van der Waals surface area contributed by atoms with Gasteiger partial charge in [-0.3, -0.25) is 4.79 Å². The van der Waals surface area contributed by atoms with E-state index in [1.807, 2.05) is 0 Å². The molecule has 0 heterocycles. The van der Waals surface area contributed by atoms with E-state index in [4.69, 9.17) is 5.73 Å². The summed E-state index contributed by atoms with van der Waals surface area (Å²) >= 11 is 0. The van der Waals surface area contributed by atoms with Gasteiger partial charge < -0.3 is 16.2 Å². The van der Waals surface area contributed by atoms with Gasteiger partial charge in [-0.25, -0.2) is 0 Å². The van der Waals surface area contributed by atoms with Crippen LogP contribution in [0.3, 0.4) is 0 Å². The molecule has 0 aromatic carbocycles. The number of amides is 1. The minimum atomic E-state index is -0.167. The first-order valence-corrected chi connectivity index (χ1v) is 6.85. The average molecular weight is 240 g/mol. The highest BCUT2D eigenvalue weighted by molar-refractivity contribution is 5.76. The molecule has 0 aromatic heterocycles. The molecule has 0 aromatic rings. The Hall–Kier alpha value is -0.610. The van der Waals surface area contributed by atoms with Gasteiger partial charge in [0.25, 0.3) is 0 Å². The number of aliphatic hydroxyl groups is 1. The zero-order valence-corrected chi connectivity index (χ0v) is 10.4. The molecule has 4 N–H and O–H groups in total. The number of carbonyl (C=O) groups is 1. The Bertz CT molecular complexity index is 266. The van der Waals surface area contributed by atoms with Gasteiger partial charge >= 0.3 is 0 Å². The molecule has 0 radical (unpaired) electrons. The molecule has 4 nitrogen and oxygen atoms in total. The highest BCUT2D eigenvalue weighted by Crippen LogP contribution is 2.32. The number of rotatable bonds is 5. The van der Waals surface area contributed by atoms with Gasteiger partial charge in [0.2, 0.25) is 5.91 Å². The van der Waals surface area contributed by atoms with Crippen LogP contribution in [0.5, 0.6) is 0 Å². The topological polar surface area (TPSA) is 75.4 Å². The lowest BCUT2D eigenvalue weighted by atomic mass is 9.87. The summed E-state index contributed by atoms with van der Waals surface area (Å²) in [7, 11) is 0. The molecule has 0 saturated heterocycles. The van der Waals surface area contributed by atoms with Crippen molar-refractivity contribution in [3.05, 3.63) is 0 Å². The first-order chi connectivity index (χ1) is 8.15. The Morgan fingerprint density at radius 3 is 2.76 bits per heavy atom. The molecule has 17 heavy (non-hydrogen) atoms. The van der Waals surface area contributed by atoms with Gasteiger partial charge in [-0.05, 0) is 43.9 Å². The van der Waals surface area contributed by atoms with E-state index >= 15 is 0 Å². The second kappa shape index (κ2) is 5.83. The number of aliphatic hydroxyl groups excluding tert-OH is 1. The summed E-state index contributed by atoms with van der Waals surface area (Å²) in [5, 5.41) is 12.5. The predicted molar refractivity (Wildman–Crippen MR) is 66.3 cm³/mol. The van der Waals surface area contributed by atoms with E-state index in [1.165, 1.54) is 12.8 Å². The second-order valence-corrected chi connectivity index (χ2v) is 5.70. The molecule has 0 spiro atoms. The third-order valence-electron chi connectivity index (χ3n) is 3.99. The van der Waals surface area contributed by atoms with Crippen molar-refractivity contribution in [1.29, 1.82) is 0 Å². The lowest BCUT2D eigenvalue weighted by molar-refractivity contribution is -0.121. The summed E-state index contributed by atoms with van der Waals surface area (Å²) in [6.07, 6.45) is 6.59. The smallest absolute Gasteiger partial charge is 0.221 e. The van der Waals surface area contributed by atoms with Crippen molar-refractivity contribution < 1.29 is 9.90 Å². The minimum absolute atomic E-state index is 0.0481. The van der Waals surface area contributed by atoms with Gasteiger partial charge in [0.15, 0.2) is 0 Å². The minimum Gasteiger partial charge on any atom is -0.393 e. The normalized spacial score (nSPS) is 30.9. The van der Waals surface area contributed by atoms with Crippen LogP contribution in [-0.2, 0) is 4.79 Å². The van der Waals surface area contributed by atoms with Gasteiger partial charge in [0, 0.05) is 19.0 Å². The molecule has 2 fully saturated rings. The maximum atomic E-state index is 11.7. The predicted octanol–water partition coefficient (Wildman–Crippen LogP) is 0.781. The largest absolute Gasteiger partial charge is 0.393 e. The fourth-order valence-electron chi connectivity index (χ4n) is 2.68. The van der Waals surface area contributed by atoms with Crippen molar-refractivity contribution in [2.24, 2.45) is 17.6 Å². The molecule has 4 heteroatoms. The Morgan fingerprint density at radius 1 is 1.35 bits per heavy atom. The van der Waals surface area contributed by atoms with E-state index in [2.05, 4.69) is 5.32 Å². The van der Waals surface area contributed by atoms with Crippen molar-refractivity contribution in [2.45, 2.75) is 57.1 Å². The molecule has 98 valence electrons. The zero-order valence-electron chi connectivity index (χ0n) is 10.4. The highest BCUT2D eigenvalue weighted by atomic mass is 16.3. The summed E-state index contributed by atoms with van der Waals surface area (Å²) in [6.45, 7) is 0.702. The Morgan fingerprint density at radius 2 is 2.12 bits per heavy atom. The quantitative estimate of drug-likeness (QED) is 0.665. The fourth-order valence-corrected chi connectivity index (χ4v) is 2.68. The van der Waals surface area contributed by atoms with Crippen molar-refractivity contribution >= 4 is 5.91 Å². The van der Waals surface area contributed by atoms with Crippen LogP contribution in [0.15, 0.2) is 0 Å². The summed E-state index contributed by atoms with van der Waals surface area (Å²) in [5.41, 5.74) is 5.91. The molecule has 3 unspecified atom stereocenters. The SMILES string of the molecule is NC(CC(=O)NCC1CCCC(O)C1)C1CC1. The van der Waals surface area contributed by atoms with Crippen molar-refractivity contribution in [3.8, 4) is 0 Å². The van der Waals surface area contributed by atoms with Gasteiger partial charge in [-0.15, -0.1) is 0 Å². The van der Waals surface area contributed by atoms with E-state index in [0.717, 1.165) is 25.7 Å². The summed E-state index contributed by atoms with van der Waals surface area (Å²) < 4.78 is 0. The number of nitrogens with one attached hydrogen (secondary N) is 1. The molecular weight excluding hydrogens is 216 g/mol. The average Bonchev–Trinajstić information content (AvgIpc) is 3.10. The fraction of sp³-hybridized carbons (Fsp3) is 0.923. The Balaban J connectivity index is 1.61. The molecule has 0 aliphatic heterocycles. The molecular formula is C13H24N2O2. The van der Waals surface area contributed by atoms with Crippen LogP contribution in [-0.4, -0.2) is 29.7 Å². The van der Waals surface area contributed by atoms with Gasteiger partial charge in [-0.2, -0.15) is 0 Å². The van der Waals surface area contributed by atoms with Crippen molar-refractivity contribution in [3.63, 3.8) is 0 Å². The Labute approximate surface area is 103 Å². The van der Waals surface area contributed by atoms with Crippen molar-refractivity contribution in [2.75, 3.05) is 6.54 Å². The van der Waals surface area contributed by atoms with Crippen LogP contribution in [0.25, 0.3) is 0 Å². The number of hydrogen-bond acceptors (Lipinski definition) is 3. The van der Waals surface area contributed by atoms with Crippen LogP contribution < -0.4 is 11.1 Å². The van der Waals surface area contributed by atoms with Crippen LogP contribution >= 0.6 is 0 Å². The third-order valence-corrected chi connectivity index (χ3v) is 3.99. The third kappa shape index (κ3) is 4.28. The summed E-state index contributed by atoms with van der Waals surface area (Å²) in [4.78, 5) is 11.7. The first-order valence-electron chi connectivity index (χ1n) is 6.85. The standard InChI is InChI=1S/C13H24N2O2/c14-12(10-4-5-10)7-13(17)15-8-9-2-1-3-11(16)6-9/h9-12,16H,1-8,14H2,(H,15,17). The van der Waals surface area contributed by atoms with Crippen LogP contribution in [0.1, 0.15) is 44.9 Å². The number of carbonyl (C=O) groups excluding carboxylic acids is 1. The molecule has 2 rings (SSSR count). The number of hydrogen-bond donors (Lipinski definition) is 3. The summed E-state index contributed by atoms with van der Waals surface area (Å²) in [6, 6.07) is 0.0481. The molecule has 3 atom stereocenters. The molecule has 2 aliphatic rings.